The number of amides is 1. The molecule has 1 N–H and O–H groups in total. The van der Waals surface area contributed by atoms with Gasteiger partial charge < -0.3 is 5.11 Å². The van der Waals surface area contributed by atoms with Crippen LogP contribution in [0.2, 0.25) is 0 Å². The van der Waals surface area contributed by atoms with Crippen molar-refractivity contribution in [3.63, 3.8) is 0 Å². The van der Waals surface area contributed by atoms with Gasteiger partial charge in [0.05, 0.1) is 0 Å². The first-order chi connectivity index (χ1) is 6.82. The van der Waals surface area contributed by atoms with Crippen molar-refractivity contribution in [1.82, 2.24) is 4.90 Å². The van der Waals surface area contributed by atoms with Crippen LogP contribution in [0.1, 0.15) is 33.6 Å². The largest absolute Gasteiger partial charge is 0.465 e. The summed E-state index contributed by atoms with van der Waals surface area (Å²) in [4.78, 5) is 23.8. The number of carbonyl (C=O) groups excluding carboxylic acids is 1. The normalized spacial score (nSPS) is 33.8. The highest BCUT2D eigenvalue weighted by molar-refractivity contribution is 5.84. The van der Waals surface area contributed by atoms with Gasteiger partial charge in [-0.2, -0.15) is 0 Å². The zero-order valence-corrected chi connectivity index (χ0v) is 9.36. The Balaban J connectivity index is 2.11. The van der Waals surface area contributed by atoms with Crippen molar-refractivity contribution in [2.45, 2.75) is 45.2 Å². The molecule has 4 nitrogen and oxygen atoms in total. The van der Waals surface area contributed by atoms with E-state index in [1.807, 2.05) is 20.8 Å². The summed E-state index contributed by atoms with van der Waals surface area (Å²) in [6, 6.07) is 0.0835. The summed E-state index contributed by atoms with van der Waals surface area (Å²) < 4.78 is 0. The van der Waals surface area contributed by atoms with E-state index in [0.29, 0.717) is 30.5 Å². The standard InChI is InChI=1S/C11H17NO3/c1-11(2,3)12(10(14)15)9-7-4-6(13)5-8(7)9/h7-9H,4-5H2,1-3H3,(H,14,15)/t7-,8-/m1/s1. The van der Waals surface area contributed by atoms with Gasteiger partial charge in [-0.3, -0.25) is 9.69 Å². The van der Waals surface area contributed by atoms with Crippen molar-refractivity contribution in [3.8, 4) is 0 Å². The molecule has 0 aliphatic heterocycles. The topological polar surface area (TPSA) is 57.6 Å². The molecule has 0 heterocycles. The van der Waals surface area contributed by atoms with E-state index < -0.39 is 6.09 Å². The number of carboxylic acid groups (broad SMARTS) is 1. The predicted molar refractivity (Wildman–Crippen MR) is 54.6 cm³/mol. The molecule has 0 unspecified atom stereocenters. The van der Waals surface area contributed by atoms with Gasteiger partial charge in [0.25, 0.3) is 0 Å². The van der Waals surface area contributed by atoms with Gasteiger partial charge in [0.15, 0.2) is 0 Å². The summed E-state index contributed by atoms with van der Waals surface area (Å²) in [5.74, 6) is 0.890. The predicted octanol–water partition coefficient (Wildman–Crippen LogP) is 1.74. The monoisotopic (exact) mass is 211 g/mol. The molecule has 2 saturated carbocycles. The van der Waals surface area contributed by atoms with Crippen LogP contribution in [0.25, 0.3) is 0 Å². The maximum atomic E-state index is 11.2. The van der Waals surface area contributed by atoms with Gasteiger partial charge in [0.2, 0.25) is 0 Å². The summed E-state index contributed by atoms with van der Waals surface area (Å²) in [6.45, 7) is 5.70. The number of ketones is 1. The minimum Gasteiger partial charge on any atom is -0.465 e. The Hall–Kier alpha value is -1.06. The van der Waals surface area contributed by atoms with Crippen LogP contribution in [0.15, 0.2) is 0 Å². The first kappa shape index (κ1) is 10.5. The van der Waals surface area contributed by atoms with E-state index in [1.165, 1.54) is 4.90 Å². The Labute approximate surface area is 89.3 Å². The van der Waals surface area contributed by atoms with Crippen molar-refractivity contribution in [2.75, 3.05) is 0 Å². The lowest BCUT2D eigenvalue weighted by Crippen LogP contribution is -2.48. The molecule has 15 heavy (non-hydrogen) atoms. The maximum absolute atomic E-state index is 11.2. The molecule has 4 heteroatoms. The molecular formula is C11H17NO3. The van der Waals surface area contributed by atoms with Crippen LogP contribution in [0.4, 0.5) is 4.79 Å². The lowest BCUT2D eigenvalue weighted by Gasteiger charge is -2.34. The van der Waals surface area contributed by atoms with E-state index in [4.69, 9.17) is 0 Å². The third-order valence-corrected chi connectivity index (χ3v) is 3.44. The Kier molecular flexibility index (Phi) is 2.07. The van der Waals surface area contributed by atoms with E-state index in [2.05, 4.69) is 0 Å². The van der Waals surface area contributed by atoms with Crippen molar-refractivity contribution in [3.05, 3.63) is 0 Å². The smallest absolute Gasteiger partial charge is 0.408 e. The summed E-state index contributed by atoms with van der Waals surface area (Å²) in [5.41, 5.74) is -0.371. The molecule has 0 spiro atoms. The van der Waals surface area contributed by atoms with E-state index in [-0.39, 0.29) is 11.6 Å². The van der Waals surface area contributed by atoms with Crippen LogP contribution >= 0.6 is 0 Å². The Morgan fingerprint density at radius 3 is 2.13 bits per heavy atom. The number of hydrogen-bond donors (Lipinski definition) is 1. The average Bonchev–Trinajstić information content (AvgIpc) is 2.55. The van der Waals surface area contributed by atoms with Crippen LogP contribution in [0, 0.1) is 11.8 Å². The SMILES string of the molecule is CC(C)(C)N(C(=O)O)C1[C@@H]2CC(=O)C[C@@H]12. The fraction of sp³-hybridized carbons (Fsp3) is 0.818. The maximum Gasteiger partial charge on any atom is 0.408 e. The quantitative estimate of drug-likeness (QED) is 0.718. The van der Waals surface area contributed by atoms with Crippen LogP contribution < -0.4 is 0 Å². The molecule has 2 atom stereocenters. The van der Waals surface area contributed by atoms with Gasteiger partial charge in [0, 0.05) is 24.4 Å². The Morgan fingerprint density at radius 1 is 1.33 bits per heavy atom. The zero-order chi connectivity index (χ0) is 11.4. The molecule has 2 aliphatic rings. The first-order valence-electron chi connectivity index (χ1n) is 5.36. The molecule has 0 bridgehead atoms. The molecule has 2 rings (SSSR count). The van der Waals surface area contributed by atoms with Crippen LogP contribution in [-0.2, 0) is 4.79 Å². The second-order valence-corrected chi connectivity index (χ2v) is 5.59. The first-order valence-corrected chi connectivity index (χ1v) is 5.36. The van der Waals surface area contributed by atoms with Gasteiger partial charge in [-0.05, 0) is 32.6 Å². The van der Waals surface area contributed by atoms with Crippen molar-refractivity contribution in [2.24, 2.45) is 11.8 Å². The molecule has 0 radical (unpaired) electrons. The van der Waals surface area contributed by atoms with E-state index >= 15 is 0 Å². The van der Waals surface area contributed by atoms with Crippen molar-refractivity contribution in [1.29, 1.82) is 0 Å². The molecule has 0 saturated heterocycles. The van der Waals surface area contributed by atoms with E-state index in [1.54, 1.807) is 0 Å². The summed E-state index contributed by atoms with van der Waals surface area (Å²) in [7, 11) is 0. The number of Topliss-reactive ketones (excluding diaryl/α,β-unsaturated/α-hetero) is 1. The number of rotatable bonds is 1. The van der Waals surface area contributed by atoms with Crippen LogP contribution in [-0.4, -0.2) is 33.5 Å². The fourth-order valence-electron chi connectivity index (χ4n) is 2.82. The lowest BCUT2D eigenvalue weighted by atomic mass is 10.0. The van der Waals surface area contributed by atoms with Crippen LogP contribution in [0.5, 0.6) is 0 Å². The van der Waals surface area contributed by atoms with E-state index in [0.717, 1.165) is 0 Å². The highest BCUT2D eigenvalue weighted by Crippen LogP contribution is 2.54. The fourth-order valence-corrected chi connectivity index (χ4v) is 2.82. The van der Waals surface area contributed by atoms with Gasteiger partial charge in [0.1, 0.15) is 5.78 Å². The molecule has 0 aromatic rings. The minimum absolute atomic E-state index is 0.0835. The van der Waals surface area contributed by atoms with Crippen molar-refractivity contribution >= 4 is 11.9 Å². The van der Waals surface area contributed by atoms with Gasteiger partial charge in [-0.15, -0.1) is 0 Å². The average molecular weight is 211 g/mol. The Bertz CT molecular complexity index is 304. The summed E-state index contributed by atoms with van der Waals surface area (Å²) in [5, 5.41) is 9.18. The molecule has 0 aromatic heterocycles. The lowest BCUT2D eigenvalue weighted by molar-refractivity contribution is -0.118. The van der Waals surface area contributed by atoms with Gasteiger partial charge in [-0.1, -0.05) is 0 Å². The molecule has 1 amide bonds. The molecule has 84 valence electrons. The number of hydrogen-bond acceptors (Lipinski definition) is 2. The summed E-state index contributed by atoms with van der Waals surface area (Å²) >= 11 is 0. The van der Waals surface area contributed by atoms with Crippen molar-refractivity contribution < 1.29 is 14.7 Å². The van der Waals surface area contributed by atoms with Crippen LogP contribution in [0.3, 0.4) is 0 Å². The zero-order valence-electron chi connectivity index (χ0n) is 9.36. The number of fused-ring (bicyclic) bond motifs is 1. The molecule has 0 aromatic carbocycles. The Morgan fingerprint density at radius 2 is 1.80 bits per heavy atom. The van der Waals surface area contributed by atoms with E-state index in [9.17, 15) is 14.7 Å². The number of nitrogens with zero attached hydrogens (tertiary/aromatic N) is 1. The molecule has 2 aliphatic carbocycles. The molecule has 2 fully saturated rings. The number of carbonyl (C=O) groups is 2. The second-order valence-electron chi connectivity index (χ2n) is 5.59. The minimum atomic E-state index is -0.866. The highest BCUT2D eigenvalue weighted by atomic mass is 16.4. The highest BCUT2D eigenvalue weighted by Gasteiger charge is 2.61. The third-order valence-electron chi connectivity index (χ3n) is 3.44. The van der Waals surface area contributed by atoms with Gasteiger partial charge in [-0.25, -0.2) is 4.79 Å². The second kappa shape index (κ2) is 2.97. The summed E-state index contributed by atoms with van der Waals surface area (Å²) in [6.07, 6.45) is 0.291. The third kappa shape index (κ3) is 1.62. The van der Waals surface area contributed by atoms with Gasteiger partial charge >= 0.3 is 6.09 Å². The molecular weight excluding hydrogens is 194 g/mol.